The van der Waals surface area contributed by atoms with Crippen LogP contribution in [0.5, 0.6) is 0 Å². The van der Waals surface area contributed by atoms with Crippen LogP contribution >= 0.6 is 0 Å². The molecule has 0 aromatic rings. The quantitative estimate of drug-likeness (QED) is 0.0420. The molecule has 0 aliphatic rings. The van der Waals surface area contributed by atoms with Crippen LogP contribution in [-0.4, -0.2) is 34.9 Å². The highest BCUT2D eigenvalue weighted by molar-refractivity contribution is 5.76. The van der Waals surface area contributed by atoms with Crippen LogP contribution in [0.3, 0.4) is 0 Å². The summed E-state index contributed by atoms with van der Waals surface area (Å²) in [6.07, 6.45) is 89.7. The van der Waals surface area contributed by atoms with Crippen LogP contribution in [0.4, 0.5) is 0 Å². The third-order valence-corrected chi connectivity index (χ3v) is 15.0. The molecule has 0 fully saturated rings. The minimum atomic E-state index is -0.659. The Morgan fingerprint density at radius 3 is 0.917 bits per heavy atom. The lowest BCUT2D eigenvalue weighted by Gasteiger charge is -2.22. The van der Waals surface area contributed by atoms with Crippen LogP contribution in [0.2, 0.25) is 0 Å². The first kappa shape index (κ1) is 70.1. The summed E-state index contributed by atoms with van der Waals surface area (Å²) in [6, 6.07) is -0.536. The number of hydrogen-bond acceptors (Lipinski definition) is 3. The number of aliphatic hydroxyl groups is 2. The summed E-state index contributed by atoms with van der Waals surface area (Å²) in [5.74, 6) is -0.0245. The molecule has 0 saturated carbocycles. The Bertz CT molecular complexity index is 1190. The molecule has 0 aromatic carbocycles. The van der Waals surface area contributed by atoms with Gasteiger partial charge < -0.3 is 15.5 Å². The topological polar surface area (TPSA) is 69.6 Å². The van der Waals surface area contributed by atoms with Crippen LogP contribution in [0.1, 0.15) is 348 Å². The fourth-order valence-electron chi connectivity index (χ4n) is 10.2. The molecular formula is C68H127NO3. The molecule has 0 heterocycles. The average molecular weight is 1010 g/mol. The van der Waals surface area contributed by atoms with E-state index in [1.54, 1.807) is 0 Å². The fraction of sp³-hybridized carbons (Fsp3) is 0.838. The standard InChI is InChI=1S/C68H127NO3/c1-3-5-7-9-11-13-15-17-19-21-23-24-25-26-27-28-29-30-31-32-33-34-35-36-37-38-39-40-41-42-43-44-46-48-50-52-54-56-58-60-62-64-68(72)69-66(65-70)67(71)63-61-59-57-55-53-51-49-47-45-22-20-18-16-14-12-10-8-6-4-2/h5,7,11,13,17,19,23-24,26-27,66-67,70-71H,3-4,6,8-10,12,14-16,18,20-22,25,28-65H2,1-2H3,(H,69,72)/b7-5-,13-11-,19-17-,24-23-,27-26-. The van der Waals surface area contributed by atoms with Gasteiger partial charge in [-0.05, 0) is 57.8 Å². The molecule has 0 aliphatic carbocycles. The zero-order valence-electron chi connectivity index (χ0n) is 48.7. The number of carbonyl (C=O) groups is 1. The number of unbranched alkanes of at least 4 members (excludes halogenated alkanes) is 43. The minimum Gasteiger partial charge on any atom is -0.394 e. The van der Waals surface area contributed by atoms with Crippen molar-refractivity contribution in [2.45, 2.75) is 360 Å². The smallest absolute Gasteiger partial charge is 0.220 e. The number of nitrogens with one attached hydrogen (secondary N) is 1. The van der Waals surface area contributed by atoms with Crippen molar-refractivity contribution in [1.82, 2.24) is 5.32 Å². The largest absolute Gasteiger partial charge is 0.394 e. The molecular weight excluding hydrogens is 879 g/mol. The molecule has 0 aromatic heterocycles. The molecule has 2 atom stereocenters. The number of amides is 1. The summed E-state index contributed by atoms with van der Waals surface area (Å²) in [4.78, 5) is 12.5. The highest BCUT2D eigenvalue weighted by Crippen LogP contribution is 2.19. The molecule has 0 rings (SSSR count). The zero-order chi connectivity index (χ0) is 52.0. The zero-order valence-corrected chi connectivity index (χ0v) is 48.7. The first-order valence-corrected chi connectivity index (χ1v) is 32.5. The van der Waals surface area contributed by atoms with Gasteiger partial charge in [0.1, 0.15) is 0 Å². The minimum absolute atomic E-state index is 0.0245. The first-order chi connectivity index (χ1) is 35.7. The SMILES string of the molecule is CC/C=C\C/C=C\C/C=C\C/C=C\C/C=C\CCCCCCCCCCCCCCCCCCCCCCCCCCCC(=O)NC(CO)C(O)CCCCCCCCCCCCCCCCCCCCC. The van der Waals surface area contributed by atoms with Crippen LogP contribution in [0.25, 0.3) is 0 Å². The number of allylic oxidation sites excluding steroid dienone is 10. The molecule has 4 heteroatoms. The van der Waals surface area contributed by atoms with Gasteiger partial charge in [0, 0.05) is 6.42 Å². The Morgan fingerprint density at radius 1 is 0.347 bits per heavy atom. The van der Waals surface area contributed by atoms with Gasteiger partial charge in [-0.25, -0.2) is 0 Å². The van der Waals surface area contributed by atoms with Gasteiger partial charge >= 0.3 is 0 Å². The molecule has 72 heavy (non-hydrogen) atoms. The van der Waals surface area contributed by atoms with E-state index in [1.807, 2.05) is 0 Å². The van der Waals surface area contributed by atoms with Gasteiger partial charge in [0.15, 0.2) is 0 Å². The summed E-state index contributed by atoms with van der Waals surface area (Å²) in [5.41, 5.74) is 0. The third kappa shape index (κ3) is 59.0. The Hall–Kier alpha value is -1.91. The number of aliphatic hydroxyl groups excluding tert-OH is 2. The van der Waals surface area contributed by atoms with Gasteiger partial charge in [-0.1, -0.05) is 344 Å². The lowest BCUT2D eigenvalue weighted by molar-refractivity contribution is -0.123. The van der Waals surface area contributed by atoms with Gasteiger partial charge in [-0.2, -0.15) is 0 Å². The molecule has 2 unspecified atom stereocenters. The van der Waals surface area contributed by atoms with E-state index in [2.05, 4.69) is 79.9 Å². The molecule has 0 aliphatic heterocycles. The van der Waals surface area contributed by atoms with E-state index in [1.165, 1.54) is 263 Å². The van der Waals surface area contributed by atoms with Crippen molar-refractivity contribution in [2.75, 3.05) is 6.61 Å². The molecule has 0 radical (unpaired) electrons. The van der Waals surface area contributed by atoms with Crippen LogP contribution in [0.15, 0.2) is 60.8 Å². The summed E-state index contributed by atoms with van der Waals surface area (Å²) < 4.78 is 0. The van der Waals surface area contributed by atoms with Crippen molar-refractivity contribution in [2.24, 2.45) is 0 Å². The summed E-state index contributed by atoms with van der Waals surface area (Å²) >= 11 is 0. The summed E-state index contributed by atoms with van der Waals surface area (Å²) in [6.45, 7) is 4.28. The predicted octanol–water partition coefficient (Wildman–Crippen LogP) is 21.9. The molecule has 1 amide bonds. The maximum absolute atomic E-state index is 12.5. The number of rotatable bonds is 60. The van der Waals surface area contributed by atoms with E-state index >= 15 is 0 Å². The third-order valence-electron chi connectivity index (χ3n) is 15.0. The second-order valence-corrected chi connectivity index (χ2v) is 22.2. The highest BCUT2D eigenvalue weighted by atomic mass is 16.3. The monoisotopic (exact) mass is 1010 g/mol. The van der Waals surface area contributed by atoms with E-state index < -0.39 is 12.1 Å². The number of carbonyl (C=O) groups excluding carboxylic acids is 1. The molecule has 0 bridgehead atoms. The van der Waals surface area contributed by atoms with Crippen molar-refractivity contribution in [3.8, 4) is 0 Å². The summed E-state index contributed by atoms with van der Waals surface area (Å²) in [5, 5.41) is 23.4. The predicted molar refractivity (Wildman–Crippen MR) is 322 cm³/mol. The lowest BCUT2D eigenvalue weighted by Crippen LogP contribution is -2.45. The Kier molecular flexibility index (Phi) is 61.7. The fourth-order valence-corrected chi connectivity index (χ4v) is 10.2. The summed E-state index contributed by atoms with van der Waals surface area (Å²) in [7, 11) is 0. The molecule has 0 spiro atoms. The van der Waals surface area contributed by atoms with Crippen LogP contribution in [0, 0.1) is 0 Å². The molecule has 0 saturated heterocycles. The van der Waals surface area contributed by atoms with E-state index in [0.717, 1.165) is 57.8 Å². The normalized spacial score (nSPS) is 13.1. The van der Waals surface area contributed by atoms with E-state index in [0.29, 0.717) is 12.8 Å². The van der Waals surface area contributed by atoms with E-state index in [4.69, 9.17) is 0 Å². The first-order valence-electron chi connectivity index (χ1n) is 32.5. The Morgan fingerprint density at radius 2 is 0.611 bits per heavy atom. The lowest BCUT2D eigenvalue weighted by atomic mass is 10.0. The van der Waals surface area contributed by atoms with Crippen molar-refractivity contribution in [3.05, 3.63) is 60.8 Å². The van der Waals surface area contributed by atoms with Crippen LogP contribution in [-0.2, 0) is 4.79 Å². The van der Waals surface area contributed by atoms with Crippen molar-refractivity contribution < 1.29 is 15.0 Å². The number of hydrogen-bond donors (Lipinski definition) is 3. The maximum Gasteiger partial charge on any atom is 0.220 e. The van der Waals surface area contributed by atoms with Crippen molar-refractivity contribution in [3.63, 3.8) is 0 Å². The maximum atomic E-state index is 12.5. The second kappa shape index (κ2) is 63.4. The Balaban J connectivity index is 3.38. The van der Waals surface area contributed by atoms with Crippen LogP contribution < -0.4 is 5.32 Å². The van der Waals surface area contributed by atoms with Crippen molar-refractivity contribution in [1.29, 1.82) is 0 Å². The average Bonchev–Trinajstić information content (AvgIpc) is 3.39. The van der Waals surface area contributed by atoms with Gasteiger partial charge in [0.25, 0.3) is 0 Å². The van der Waals surface area contributed by atoms with Gasteiger partial charge in [0.05, 0.1) is 18.8 Å². The highest BCUT2D eigenvalue weighted by Gasteiger charge is 2.20. The molecule has 3 N–H and O–H groups in total. The van der Waals surface area contributed by atoms with E-state index in [-0.39, 0.29) is 12.5 Å². The van der Waals surface area contributed by atoms with Gasteiger partial charge in [0.2, 0.25) is 5.91 Å². The van der Waals surface area contributed by atoms with Gasteiger partial charge in [-0.3, -0.25) is 4.79 Å². The van der Waals surface area contributed by atoms with E-state index in [9.17, 15) is 15.0 Å². The molecule has 4 nitrogen and oxygen atoms in total. The molecule has 422 valence electrons. The van der Waals surface area contributed by atoms with Crippen molar-refractivity contribution >= 4 is 5.91 Å². The Labute approximate surface area is 451 Å². The van der Waals surface area contributed by atoms with Gasteiger partial charge in [-0.15, -0.1) is 0 Å². The second-order valence-electron chi connectivity index (χ2n) is 22.2.